The molecule has 25 atom stereocenters. The van der Waals surface area contributed by atoms with E-state index in [0.717, 1.165) is 25.5 Å². The van der Waals surface area contributed by atoms with Crippen LogP contribution in [0, 0.1) is 0 Å². The van der Waals surface area contributed by atoms with Gasteiger partial charge < -0.3 is 110 Å². The van der Waals surface area contributed by atoms with Crippen LogP contribution < -0.4 is 14.2 Å². The van der Waals surface area contributed by atoms with Crippen molar-refractivity contribution >= 4 is 82.9 Å². The van der Waals surface area contributed by atoms with Crippen LogP contribution in [0.2, 0.25) is 0 Å². The van der Waals surface area contributed by atoms with Gasteiger partial charge in [0.1, 0.15) is 97.5 Å². The molecule has 86 heavy (non-hydrogen) atoms. The average Bonchev–Trinajstić information content (AvgIpc) is 0.886. The number of nitrogens with one attached hydrogen (secondary N) is 3. The zero-order valence-corrected chi connectivity index (χ0v) is 49.0. The van der Waals surface area contributed by atoms with Gasteiger partial charge in [0.15, 0.2) is 62.2 Å². The molecule has 5 aliphatic heterocycles. The van der Waals surface area contributed by atoms with Gasteiger partial charge >= 0.3 is 0 Å². The molecular formula is C31H49N3O44S8-8. The first-order chi connectivity index (χ1) is 38.8. The molecule has 0 radical (unpaired) electrons. The monoisotopic (exact) mass is 1420 g/mol. The van der Waals surface area contributed by atoms with E-state index in [9.17, 15) is 134 Å². The van der Waals surface area contributed by atoms with Crippen molar-refractivity contribution in [1.29, 1.82) is 0 Å². The van der Waals surface area contributed by atoms with Crippen LogP contribution in [0.4, 0.5) is 0 Å². The molecule has 5 fully saturated rings. The van der Waals surface area contributed by atoms with E-state index in [0.29, 0.717) is 0 Å². The first-order valence-electron chi connectivity index (χ1n) is 23.1. The van der Waals surface area contributed by atoms with E-state index in [4.69, 9.17) is 42.6 Å². The van der Waals surface area contributed by atoms with Crippen molar-refractivity contribution in [2.45, 2.75) is 174 Å². The molecule has 47 nitrogen and oxygen atoms in total. The van der Waals surface area contributed by atoms with Gasteiger partial charge in [-0.25, -0.2) is 81.5 Å². The van der Waals surface area contributed by atoms with Gasteiger partial charge in [0, 0.05) is 0 Å². The summed E-state index contributed by atoms with van der Waals surface area (Å²) in [5, 5.41) is 66.7. The molecule has 0 aromatic heterocycles. The fourth-order valence-corrected chi connectivity index (χ4v) is 12.7. The summed E-state index contributed by atoms with van der Waals surface area (Å²) in [5.74, 6) is 0. The minimum atomic E-state index is -6.44. The van der Waals surface area contributed by atoms with Crippen molar-refractivity contribution in [2.75, 3.05) is 19.8 Å². The van der Waals surface area contributed by atoms with E-state index in [2.05, 4.69) is 20.9 Å². The summed E-state index contributed by atoms with van der Waals surface area (Å²) in [6.07, 6.45) is -55.7. The van der Waals surface area contributed by atoms with E-state index in [-0.39, 0.29) is 0 Å². The van der Waals surface area contributed by atoms with Gasteiger partial charge in [0.25, 0.3) is 0 Å². The first-order valence-corrected chi connectivity index (χ1v) is 34.0. The molecular weight excluding hydrogens is 1370 g/mol. The van der Waals surface area contributed by atoms with Crippen LogP contribution in [0.15, 0.2) is 0 Å². The summed E-state index contributed by atoms with van der Waals surface area (Å²) < 4.78 is 358. The Hall–Kier alpha value is -1.64. The van der Waals surface area contributed by atoms with Crippen LogP contribution in [0.5, 0.6) is 0 Å². The Balaban J connectivity index is 1.52. The van der Waals surface area contributed by atoms with Gasteiger partial charge in [-0.1, -0.05) is 0 Å². The van der Waals surface area contributed by atoms with Gasteiger partial charge in [-0.05, 0) is 20.8 Å². The number of hydrogen-bond donors (Lipinski definition) is 9. The maximum absolute atomic E-state index is 12.4. The van der Waals surface area contributed by atoms with Crippen molar-refractivity contribution < 1.29 is 198 Å². The Labute approximate surface area is 486 Å². The highest BCUT2D eigenvalue weighted by Crippen LogP contribution is 2.38. The fourth-order valence-electron chi connectivity index (χ4n) is 9.02. The molecule has 0 saturated carbocycles. The molecule has 5 saturated heterocycles. The van der Waals surface area contributed by atoms with Crippen molar-refractivity contribution in [3.05, 3.63) is 0 Å². The second-order valence-corrected chi connectivity index (χ2v) is 27.1. The topological polar surface area (TPSA) is 744 Å². The third-order valence-corrected chi connectivity index (χ3v) is 16.3. The SMILES string of the molecule is CC1O[C@@H](O[C@@H]2C(COS(=O)(=O)[O-])O[C@@H](O[C@H]3C(C)O[C@@H](O[C@@H]4C(COS(=O)(=O)[O-])O[C@@H](C)C(NS(=O)(=O)[O-])[C@H]4O)C(OS(=O)(=O)[O-])[C@@H]3O)C(NS(=O)(=O)[O-])[C@H]2OS(=O)(=O)[O-])C(O)[C@@H](O)[C@@H]1O[C@@H]1OC(COS(=O)(=O)[O-])[C@@H](O)[C@H](O)C1NS(=O)(=O)[O-]. The number of aliphatic hydroxyl groups excluding tert-OH is 6. The molecule has 5 heterocycles. The third-order valence-electron chi connectivity index (χ3n) is 12.4. The second-order valence-electron chi connectivity index (χ2n) is 18.5. The predicted octanol–water partition coefficient (Wildman–Crippen LogP) is -14.2. The van der Waals surface area contributed by atoms with E-state index >= 15 is 0 Å². The maximum atomic E-state index is 12.4. The van der Waals surface area contributed by atoms with E-state index in [1.165, 1.54) is 9.44 Å². The summed E-state index contributed by atoms with van der Waals surface area (Å²) >= 11 is 0. The smallest absolute Gasteiger partial charge is 0.218 e. The molecule has 0 aliphatic carbocycles. The number of ether oxygens (including phenoxy) is 9. The van der Waals surface area contributed by atoms with Crippen molar-refractivity contribution in [2.24, 2.45) is 0 Å². The molecule has 5 aliphatic rings. The molecule has 0 bridgehead atoms. The van der Waals surface area contributed by atoms with E-state index in [1.54, 1.807) is 0 Å². The first kappa shape index (κ1) is 75.1. The van der Waals surface area contributed by atoms with Crippen LogP contribution in [0.3, 0.4) is 0 Å². The summed E-state index contributed by atoms with van der Waals surface area (Å²) in [5.41, 5.74) is 0. The third kappa shape index (κ3) is 22.0. The molecule has 9 N–H and O–H groups in total. The summed E-state index contributed by atoms with van der Waals surface area (Å²) in [7, 11) is -47.4. The summed E-state index contributed by atoms with van der Waals surface area (Å²) in [6.45, 7) is -2.18. The Morgan fingerprint density at radius 1 is 0.326 bits per heavy atom. The second kappa shape index (κ2) is 28.3. The molecule has 0 aromatic rings. The molecule has 55 heteroatoms. The minimum Gasteiger partial charge on any atom is -0.735 e. The maximum Gasteiger partial charge on any atom is 0.218 e. The highest BCUT2D eigenvalue weighted by atomic mass is 32.3. The lowest BCUT2D eigenvalue weighted by Crippen LogP contribution is -2.70. The Morgan fingerprint density at radius 2 is 0.698 bits per heavy atom. The average molecular weight is 1420 g/mol. The lowest BCUT2D eigenvalue weighted by Gasteiger charge is -2.51. The molecule has 0 amide bonds. The Morgan fingerprint density at radius 3 is 1.16 bits per heavy atom. The molecule has 5 rings (SSSR count). The quantitative estimate of drug-likeness (QED) is 0.0272. The standard InChI is InChI=1S/C31H57N3O44S8/c1-7-13(32-79(41,42)43)18(37)24(11(68-7)5-66-83(53,54)55)75-31-27(78-86(62,63)64)21(40)23(9(3)70-31)74-29-15(34-81(47,48)49)26(77-85(59,60)61)25(12(72-29)6-67-84(56,57)58)76-30-20(39)19(38)22(8(2)69-30)73-28-14(33-80(44,45)46)17(36)16(35)10(71-28)4-65-82(50,51)52/h7-40H,4-6H2,1-3H3,(H,41,42,43)(H,44,45,46)(H,47,48,49)(H,50,51,52)(H,53,54,55)(H,56,57,58)(H,59,60,61)(H,62,63,64)/p-8/t7-,8?,9?,10?,11?,12?,13?,14?,15?,16+,17+,18+,19+,20?,21+,22+,23-,24+,25+,26+,27?,28-,29-,30-,31-/m0/s1. The van der Waals surface area contributed by atoms with Gasteiger partial charge in [-0.15, -0.1) is 0 Å². The van der Waals surface area contributed by atoms with E-state index < -0.39 is 256 Å². The molecule has 0 spiro atoms. The summed E-state index contributed by atoms with van der Waals surface area (Å²) in [6, 6.07) is -7.59. The fraction of sp³-hybridized carbons (Fsp3) is 1.00. The van der Waals surface area contributed by atoms with Gasteiger partial charge in [-0.3, -0.25) is 20.9 Å². The van der Waals surface area contributed by atoms with Crippen LogP contribution in [-0.2, 0) is 146 Å². The van der Waals surface area contributed by atoms with Crippen molar-refractivity contribution in [3.8, 4) is 0 Å². The Kier molecular flexibility index (Phi) is 24.7. The normalized spacial score (nSPS) is 40.3. The number of aliphatic hydroxyl groups is 6. The van der Waals surface area contributed by atoms with Gasteiger partial charge in [0.2, 0.25) is 52.0 Å². The highest BCUT2D eigenvalue weighted by Gasteiger charge is 2.58. The van der Waals surface area contributed by atoms with Crippen molar-refractivity contribution in [3.63, 3.8) is 0 Å². The lowest BCUT2D eigenvalue weighted by molar-refractivity contribution is -0.373. The zero-order chi connectivity index (χ0) is 65.6. The minimum absolute atomic E-state index is 0.775. The van der Waals surface area contributed by atoms with Crippen LogP contribution in [-0.4, -0.2) is 307 Å². The lowest BCUT2D eigenvalue weighted by atomic mass is 9.93. The molecule has 508 valence electrons. The highest BCUT2D eigenvalue weighted by molar-refractivity contribution is 7.84. The zero-order valence-electron chi connectivity index (χ0n) is 42.5. The number of rotatable bonds is 27. The molecule has 10 unspecified atom stereocenters. The van der Waals surface area contributed by atoms with Crippen molar-refractivity contribution in [1.82, 2.24) is 14.2 Å². The van der Waals surface area contributed by atoms with Crippen LogP contribution in [0.1, 0.15) is 20.8 Å². The van der Waals surface area contributed by atoms with E-state index in [1.807, 2.05) is 0 Å². The van der Waals surface area contributed by atoms with Gasteiger partial charge in [0.05, 0.1) is 44.2 Å². The van der Waals surface area contributed by atoms with Crippen LogP contribution >= 0.6 is 0 Å². The Bertz CT molecular complexity index is 3250. The van der Waals surface area contributed by atoms with Crippen LogP contribution in [0.25, 0.3) is 0 Å². The predicted molar refractivity (Wildman–Crippen MR) is 242 cm³/mol. The molecule has 0 aromatic carbocycles. The number of hydrogen-bond acceptors (Lipinski definition) is 44. The van der Waals surface area contributed by atoms with Gasteiger partial charge in [-0.2, -0.15) is 0 Å². The summed E-state index contributed by atoms with van der Waals surface area (Å²) in [4.78, 5) is 0. The largest absolute Gasteiger partial charge is 0.735 e.